The largest absolute Gasteiger partial charge is 0.369 e. The van der Waals surface area contributed by atoms with Crippen molar-refractivity contribution in [2.45, 2.75) is 39.2 Å². The molecular formula is C20H24FN3O. The van der Waals surface area contributed by atoms with E-state index in [-0.39, 0.29) is 17.8 Å². The van der Waals surface area contributed by atoms with E-state index < -0.39 is 0 Å². The van der Waals surface area contributed by atoms with Crippen LogP contribution >= 0.6 is 0 Å². The monoisotopic (exact) mass is 341 g/mol. The number of amides is 1. The Hall–Kier alpha value is -2.43. The third kappa shape index (κ3) is 4.16. The van der Waals surface area contributed by atoms with Gasteiger partial charge in [-0.05, 0) is 62.1 Å². The number of carbonyl (C=O) groups excluding carboxylic acids is 1. The lowest BCUT2D eigenvalue weighted by molar-refractivity contribution is 0.0928. The molecule has 5 heteroatoms. The van der Waals surface area contributed by atoms with Crippen LogP contribution in [0, 0.1) is 12.7 Å². The molecule has 1 aliphatic rings. The van der Waals surface area contributed by atoms with Gasteiger partial charge in [-0.3, -0.25) is 4.79 Å². The zero-order valence-corrected chi connectivity index (χ0v) is 14.8. The van der Waals surface area contributed by atoms with Crippen LogP contribution < -0.4 is 10.2 Å². The van der Waals surface area contributed by atoms with Gasteiger partial charge in [0, 0.05) is 30.5 Å². The van der Waals surface area contributed by atoms with Crippen molar-refractivity contribution in [2.75, 3.05) is 18.0 Å². The molecule has 25 heavy (non-hydrogen) atoms. The van der Waals surface area contributed by atoms with Gasteiger partial charge in [0.1, 0.15) is 11.5 Å². The van der Waals surface area contributed by atoms with Gasteiger partial charge in [-0.15, -0.1) is 0 Å². The number of pyridine rings is 1. The Morgan fingerprint density at radius 1 is 1.36 bits per heavy atom. The van der Waals surface area contributed by atoms with Crippen molar-refractivity contribution in [2.24, 2.45) is 0 Å². The molecule has 1 N–H and O–H groups in total. The number of benzene rings is 1. The van der Waals surface area contributed by atoms with Crippen molar-refractivity contribution in [1.29, 1.82) is 0 Å². The summed E-state index contributed by atoms with van der Waals surface area (Å²) in [5.74, 6) is -0.344. The van der Waals surface area contributed by atoms with E-state index in [0.29, 0.717) is 5.69 Å². The van der Waals surface area contributed by atoms with Gasteiger partial charge in [0.05, 0.1) is 0 Å². The van der Waals surface area contributed by atoms with E-state index >= 15 is 0 Å². The second kappa shape index (κ2) is 7.64. The highest BCUT2D eigenvalue weighted by Crippen LogP contribution is 2.24. The van der Waals surface area contributed by atoms with Crippen LogP contribution in [0.25, 0.3) is 0 Å². The Morgan fingerprint density at radius 3 is 2.96 bits per heavy atom. The summed E-state index contributed by atoms with van der Waals surface area (Å²) in [5.41, 5.74) is 3.34. The molecular weight excluding hydrogens is 317 g/mol. The van der Waals surface area contributed by atoms with Crippen LogP contribution in [0.3, 0.4) is 0 Å². The van der Waals surface area contributed by atoms with Gasteiger partial charge in [0.15, 0.2) is 0 Å². The number of carbonyl (C=O) groups is 1. The molecule has 1 saturated heterocycles. The summed E-state index contributed by atoms with van der Waals surface area (Å²) in [6.45, 7) is 5.59. The highest BCUT2D eigenvalue weighted by molar-refractivity contribution is 5.92. The minimum absolute atomic E-state index is 0.0674. The maximum atomic E-state index is 13.3. The highest BCUT2D eigenvalue weighted by atomic mass is 19.1. The molecule has 4 nitrogen and oxygen atoms in total. The predicted molar refractivity (Wildman–Crippen MR) is 97.5 cm³/mol. The van der Waals surface area contributed by atoms with Gasteiger partial charge in [0.2, 0.25) is 0 Å². The van der Waals surface area contributed by atoms with Crippen molar-refractivity contribution in [3.63, 3.8) is 0 Å². The molecule has 2 heterocycles. The summed E-state index contributed by atoms with van der Waals surface area (Å²) < 4.78 is 13.3. The molecule has 1 aromatic carbocycles. The van der Waals surface area contributed by atoms with Crippen LogP contribution in [0.1, 0.15) is 41.5 Å². The Kier molecular flexibility index (Phi) is 5.31. The maximum Gasteiger partial charge on any atom is 0.270 e. The van der Waals surface area contributed by atoms with Crippen LogP contribution in [-0.4, -0.2) is 30.0 Å². The molecule has 0 saturated carbocycles. The number of anilines is 1. The topological polar surface area (TPSA) is 45.2 Å². The van der Waals surface area contributed by atoms with Gasteiger partial charge >= 0.3 is 0 Å². The van der Waals surface area contributed by atoms with E-state index in [4.69, 9.17) is 0 Å². The van der Waals surface area contributed by atoms with E-state index in [1.54, 1.807) is 12.1 Å². The Labute approximate surface area is 148 Å². The fourth-order valence-corrected chi connectivity index (χ4v) is 3.35. The summed E-state index contributed by atoms with van der Waals surface area (Å²) in [6.07, 6.45) is 2.74. The lowest BCUT2D eigenvalue weighted by Crippen LogP contribution is -2.48. The first kappa shape index (κ1) is 17.4. The molecule has 1 amide bonds. The van der Waals surface area contributed by atoms with Crippen LogP contribution in [0.5, 0.6) is 0 Å². The normalized spacial score (nSPS) is 17.4. The standard InChI is InChI=1S/C20H24FN3O/c1-3-16-6-4-8-18(22-16)20(25)23-17-7-5-11-24(13-17)19-10-9-15(21)12-14(19)2/h4,6,8-10,12,17H,3,5,7,11,13H2,1-2H3,(H,23,25). The predicted octanol–water partition coefficient (Wildman–Crippen LogP) is 3.49. The Balaban J connectivity index is 1.68. The second-order valence-electron chi connectivity index (χ2n) is 6.56. The third-order valence-electron chi connectivity index (χ3n) is 4.66. The fourth-order valence-electron chi connectivity index (χ4n) is 3.35. The van der Waals surface area contributed by atoms with Crippen LogP contribution in [0.4, 0.5) is 10.1 Å². The van der Waals surface area contributed by atoms with Gasteiger partial charge in [-0.1, -0.05) is 13.0 Å². The number of nitrogens with one attached hydrogen (secondary N) is 1. The number of hydrogen-bond donors (Lipinski definition) is 1. The maximum absolute atomic E-state index is 13.3. The number of hydrogen-bond acceptors (Lipinski definition) is 3. The summed E-state index contributed by atoms with van der Waals surface area (Å²) >= 11 is 0. The SMILES string of the molecule is CCc1cccc(C(=O)NC2CCCN(c3ccc(F)cc3C)C2)n1. The molecule has 0 bridgehead atoms. The molecule has 2 aromatic rings. The molecule has 1 aromatic heterocycles. The molecule has 132 valence electrons. The summed E-state index contributed by atoms with van der Waals surface area (Å²) in [7, 11) is 0. The third-order valence-corrected chi connectivity index (χ3v) is 4.66. The van der Waals surface area contributed by atoms with Crippen LogP contribution in [-0.2, 0) is 6.42 Å². The van der Waals surface area contributed by atoms with Crippen LogP contribution in [0.2, 0.25) is 0 Å². The van der Waals surface area contributed by atoms with Crippen molar-refractivity contribution in [3.8, 4) is 0 Å². The average molecular weight is 341 g/mol. The van der Waals surface area contributed by atoms with Gasteiger partial charge in [-0.25, -0.2) is 9.37 Å². The lowest BCUT2D eigenvalue weighted by Gasteiger charge is -2.35. The number of halogens is 1. The molecule has 1 aliphatic heterocycles. The van der Waals surface area contributed by atoms with Gasteiger partial charge < -0.3 is 10.2 Å². The molecule has 0 aliphatic carbocycles. The van der Waals surface area contributed by atoms with E-state index in [2.05, 4.69) is 15.2 Å². The van der Waals surface area contributed by atoms with E-state index in [0.717, 1.165) is 49.3 Å². The highest BCUT2D eigenvalue weighted by Gasteiger charge is 2.23. The second-order valence-corrected chi connectivity index (χ2v) is 6.56. The number of aromatic nitrogens is 1. The molecule has 1 atom stereocenters. The van der Waals surface area contributed by atoms with Crippen molar-refractivity contribution < 1.29 is 9.18 Å². The van der Waals surface area contributed by atoms with Crippen LogP contribution in [0.15, 0.2) is 36.4 Å². The fraction of sp³-hybridized carbons (Fsp3) is 0.400. The van der Waals surface area contributed by atoms with E-state index in [9.17, 15) is 9.18 Å². The van der Waals surface area contributed by atoms with Crippen molar-refractivity contribution >= 4 is 11.6 Å². The minimum atomic E-state index is -0.218. The average Bonchev–Trinajstić information content (AvgIpc) is 2.62. The van der Waals surface area contributed by atoms with Gasteiger partial charge in [-0.2, -0.15) is 0 Å². The Bertz CT molecular complexity index is 762. The lowest BCUT2D eigenvalue weighted by atomic mass is 10.0. The zero-order valence-electron chi connectivity index (χ0n) is 14.8. The number of rotatable bonds is 4. The summed E-state index contributed by atoms with van der Waals surface area (Å²) in [5, 5.41) is 3.10. The molecule has 0 radical (unpaired) electrons. The number of aryl methyl sites for hydroxylation is 2. The quantitative estimate of drug-likeness (QED) is 0.926. The first-order chi connectivity index (χ1) is 12.1. The number of piperidine rings is 1. The van der Waals surface area contributed by atoms with Crippen molar-refractivity contribution in [1.82, 2.24) is 10.3 Å². The summed E-state index contributed by atoms with van der Waals surface area (Å²) in [6, 6.07) is 10.5. The first-order valence-corrected chi connectivity index (χ1v) is 8.84. The number of nitrogens with zero attached hydrogens (tertiary/aromatic N) is 2. The van der Waals surface area contributed by atoms with Crippen molar-refractivity contribution in [3.05, 3.63) is 59.2 Å². The smallest absolute Gasteiger partial charge is 0.270 e. The van der Waals surface area contributed by atoms with Gasteiger partial charge in [0.25, 0.3) is 5.91 Å². The molecule has 1 unspecified atom stereocenters. The zero-order chi connectivity index (χ0) is 17.8. The first-order valence-electron chi connectivity index (χ1n) is 8.84. The molecule has 3 rings (SSSR count). The summed E-state index contributed by atoms with van der Waals surface area (Å²) in [4.78, 5) is 19.1. The minimum Gasteiger partial charge on any atom is -0.369 e. The Morgan fingerprint density at radius 2 is 2.20 bits per heavy atom. The molecule has 1 fully saturated rings. The van der Waals surface area contributed by atoms with E-state index in [1.165, 1.54) is 6.07 Å². The van der Waals surface area contributed by atoms with E-state index in [1.807, 2.05) is 32.0 Å². The molecule has 0 spiro atoms.